The molecule has 0 aromatic heterocycles. The molecule has 11 heavy (non-hydrogen) atoms. The maximum Gasteiger partial charge on any atom is 0 e. The van der Waals surface area contributed by atoms with E-state index in [0.717, 1.165) is 6.42 Å². The average Bonchev–Trinajstić information content (AvgIpc) is 2.12. The molecule has 0 heterocycles. The largest absolute Gasteiger partial charge is 0.221 e. The Morgan fingerprint density at radius 2 is 2.00 bits per heavy atom. The second kappa shape index (κ2) is 4.04. The molecule has 1 heteroatoms. The molecule has 1 aliphatic rings. The van der Waals surface area contributed by atoms with Gasteiger partial charge in [0.1, 0.15) is 0 Å². The van der Waals surface area contributed by atoms with Gasteiger partial charge >= 0.3 is 0 Å². The molecule has 0 N–H and O–H groups in total. The third-order valence-corrected chi connectivity index (χ3v) is 1.42. The van der Waals surface area contributed by atoms with E-state index in [1.54, 1.807) is 0 Å². The van der Waals surface area contributed by atoms with E-state index in [1.165, 1.54) is 5.57 Å². The van der Waals surface area contributed by atoms with Gasteiger partial charge in [0, 0.05) is 17.1 Å². The number of hydrogen-bond acceptors (Lipinski definition) is 0. The van der Waals surface area contributed by atoms with Crippen molar-refractivity contribution in [2.45, 2.75) is 27.2 Å². The summed E-state index contributed by atoms with van der Waals surface area (Å²) >= 11 is 0. The monoisotopic (exact) mass is 191 g/mol. The van der Waals surface area contributed by atoms with Gasteiger partial charge in [-0.1, -0.05) is 26.2 Å². The molecule has 1 aliphatic carbocycles. The normalized spacial score (nSPS) is 15.7. The summed E-state index contributed by atoms with van der Waals surface area (Å²) in [6, 6.07) is 0. The van der Waals surface area contributed by atoms with E-state index in [0.29, 0.717) is 5.41 Å². The van der Waals surface area contributed by atoms with Gasteiger partial charge in [-0.15, -0.1) is 12.2 Å². The van der Waals surface area contributed by atoms with Crippen LogP contribution in [0, 0.1) is 11.8 Å². The van der Waals surface area contributed by atoms with Gasteiger partial charge in [0.15, 0.2) is 0 Å². The molecule has 0 radical (unpaired) electrons. The Labute approximate surface area is 80.2 Å². The van der Waals surface area contributed by atoms with Crippen LogP contribution < -0.4 is 0 Å². The first kappa shape index (κ1) is 10.9. The zero-order valence-electron chi connectivity index (χ0n) is 7.37. The summed E-state index contributed by atoms with van der Waals surface area (Å²) in [5.41, 5.74) is 1.78. The van der Waals surface area contributed by atoms with Gasteiger partial charge in [-0.2, -0.15) is 0 Å². The minimum Gasteiger partial charge on any atom is -0.221 e. The van der Waals surface area contributed by atoms with Crippen LogP contribution >= 0.6 is 0 Å². The molecule has 0 aromatic rings. The van der Waals surface area contributed by atoms with Crippen LogP contribution in [0.1, 0.15) is 27.2 Å². The topological polar surface area (TPSA) is 0 Å². The van der Waals surface area contributed by atoms with Crippen molar-refractivity contribution >= 4 is 0 Å². The van der Waals surface area contributed by atoms with Crippen LogP contribution in [-0.2, 0) is 17.1 Å². The molecule has 0 fully saturated rings. The molecule has 0 aromatic carbocycles. The first-order valence-corrected chi connectivity index (χ1v) is 3.79. The molecular formula is C10H15Fe-. The van der Waals surface area contributed by atoms with Gasteiger partial charge in [0.25, 0.3) is 0 Å². The van der Waals surface area contributed by atoms with Gasteiger partial charge in [-0.05, 0) is 6.42 Å². The van der Waals surface area contributed by atoms with Crippen LogP contribution in [0.25, 0.3) is 0 Å². The van der Waals surface area contributed by atoms with Gasteiger partial charge in [-0.25, -0.2) is 18.1 Å². The molecule has 64 valence electrons. The predicted molar refractivity (Wildman–Crippen MR) is 45.6 cm³/mol. The Kier molecular flexibility index (Phi) is 3.99. The Hall–Kier alpha value is -0.131. The molecule has 0 unspecified atom stereocenters. The summed E-state index contributed by atoms with van der Waals surface area (Å²) < 4.78 is 0. The fourth-order valence-corrected chi connectivity index (χ4v) is 1.13. The fraction of sp³-hybridized carbons (Fsp3) is 0.500. The van der Waals surface area contributed by atoms with Crippen molar-refractivity contribution in [3.63, 3.8) is 0 Å². The Bertz CT molecular complexity index is 170. The van der Waals surface area contributed by atoms with Crippen LogP contribution in [0.4, 0.5) is 0 Å². The van der Waals surface area contributed by atoms with Crippen LogP contribution in [0.15, 0.2) is 23.8 Å². The zero-order chi connectivity index (χ0) is 7.61. The minimum absolute atomic E-state index is 0. The Morgan fingerprint density at radius 1 is 1.36 bits per heavy atom. The molecule has 0 atom stereocenters. The van der Waals surface area contributed by atoms with E-state index < -0.39 is 0 Å². The van der Waals surface area contributed by atoms with E-state index in [1.807, 2.05) is 0 Å². The van der Waals surface area contributed by atoms with Crippen molar-refractivity contribution in [2.75, 3.05) is 0 Å². The molecule has 0 saturated heterocycles. The van der Waals surface area contributed by atoms with Crippen molar-refractivity contribution in [3.8, 4) is 0 Å². The summed E-state index contributed by atoms with van der Waals surface area (Å²) in [5.74, 6) is 0. The summed E-state index contributed by atoms with van der Waals surface area (Å²) in [5, 5.41) is 0. The number of hydrogen-bond donors (Lipinski definition) is 0. The zero-order valence-corrected chi connectivity index (χ0v) is 8.47. The van der Waals surface area contributed by atoms with Crippen molar-refractivity contribution in [3.05, 3.63) is 30.2 Å². The second-order valence-electron chi connectivity index (χ2n) is 3.88. The van der Waals surface area contributed by atoms with Crippen molar-refractivity contribution in [1.82, 2.24) is 0 Å². The molecule has 0 aliphatic heterocycles. The van der Waals surface area contributed by atoms with Gasteiger partial charge in [0.2, 0.25) is 0 Å². The van der Waals surface area contributed by atoms with Gasteiger partial charge in [-0.3, -0.25) is 0 Å². The van der Waals surface area contributed by atoms with Crippen LogP contribution in [0.2, 0.25) is 0 Å². The molecule has 0 saturated carbocycles. The van der Waals surface area contributed by atoms with Crippen molar-refractivity contribution in [1.29, 1.82) is 0 Å². The van der Waals surface area contributed by atoms with E-state index in [2.05, 4.69) is 45.4 Å². The first-order chi connectivity index (χ1) is 4.58. The summed E-state index contributed by atoms with van der Waals surface area (Å²) in [6.45, 7) is 6.68. The third-order valence-electron chi connectivity index (χ3n) is 1.42. The Balaban J connectivity index is 0.000001000. The summed E-state index contributed by atoms with van der Waals surface area (Å²) in [4.78, 5) is 0. The SMILES string of the molecule is CC(C)(C)[CH-]C1=CC=CC1.[Fe]. The summed E-state index contributed by atoms with van der Waals surface area (Å²) in [7, 11) is 0. The van der Waals surface area contributed by atoms with Crippen LogP contribution in [0.5, 0.6) is 0 Å². The third kappa shape index (κ3) is 4.34. The summed E-state index contributed by atoms with van der Waals surface area (Å²) in [6.07, 6.45) is 9.95. The average molecular weight is 191 g/mol. The molecule has 0 nitrogen and oxygen atoms in total. The number of rotatable bonds is 1. The van der Waals surface area contributed by atoms with E-state index >= 15 is 0 Å². The quantitative estimate of drug-likeness (QED) is 0.441. The molecule has 0 amide bonds. The fourth-order valence-electron chi connectivity index (χ4n) is 1.13. The first-order valence-electron chi connectivity index (χ1n) is 3.79. The molecular weight excluding hydrogens is 176 g/mol. The van der Waals surface area contributed by atoms with E-state index in [-0.39, 0.29) is 17.1 Å². The smallest absolute Gasteiger partial charge is 0 e. The second-order valence-corrected chi connectivity index (χ2v) is 3.88. The maximum absolute atomic E-state index is 2.33. The molecule has 1 rings (SSSR count). The van der Waals surface area contributed by atoms with Crippen LogP contribution in [-0.4, -0.2) is 0 Å². The van der Waals surface area contributed by atoms with E-state index in [4.69, 9.17) is 0 Å². The number of allylic oxidation sites excluding steroid dienone is 4. The predicted octanol–water partition coefficient (Wildman–Crippen LogP) is 3.12. The van der Waals surface area contributed by atoms with E-state index in [9.17, 15) is 0 Å². The van der Waals surface area contributed by atoms with Crippen LogP contribution in [0.3, 0.4) is 0 Å². The maximum atomic E-state index is 2.33. The van der Waals surface area contributed by atoms with Gasteiger partial charge < -0.3 is 0 Å². The van der Waals surface area contributed by atoms with Gasteiger partial charge in [0.05, 0.1) is 0 Å². The molecule has 0 spiro atoms. The minimum atomic E-state index is 0. The van der Waals surface area contributed by atoms with Crippen molar-refractivity contribution in [2.24, 2.45) is 5.41 Å². The standard InChI is InChI=1S/C10H15.Fe/c1-10(2,3)8-9-6-4-5-7-9;/h4-6,8H,7H2,1-3H3;/q-1;. The molecule has 0 bridgehead atoms. The Morgan fingerprint density at radius 3 is 2.36 bits per heavy atom. The van der Waals surface area contributed by atoms with Crippen molar-refractivity contribution < 1.29 is 17.1 Å².